The molecule has 0 saturated heterocycles. The zero-order valence-corrected chi connectivity index (χ0v) is 13.0. The molecule has 0 aromatic carbocycles. The molecule has 5 heteroatoms. The van der Waals surface area contributed by atoms with Gasteiger partial charge < -0.3 is 5.11 Å². The second-order valence-electron chi connectivity index (χ2n) is 5.24. The van der Waals surface area contributed by atoms with Crippen molar-refractivity contribution >= 4 is 17.3 Å². The Morgan fingerprint density at radius 2 is 2.05 bits per heavy atom. The lowest BCUT2D eigenvalue weighted by molar-refractivity contribution is 0.0695. The molecular formula is C14H24N2O2S. The molecule has 0 unspecified atom stereocenters. The van der Waals surface area contributed by atoms with Crippen LogP contribution < -0.4 is 0 Å². The Hall–Kier alpha value is -0.940. The molecular weight excluding hydrogens is 260 g/mol. The highest BCUT2D eigenvalue weighted by Crippen LogP contribution is 2.17. The van der Waals surface area contributed by atoms with E-state index in [0.29, 0.717) is 12.0 Å². The highest BCUT2D eigenvalue weighted by atomic mass is 32.1. The third kappa shape index (κ3) is 4.91. The van der Waals surface area contributed by atoms with Crippen molar-refractivity contribution in [3.8, 4) is 0 Å². The molecule has 0 radical (unpaired) electrons. The molecule has 0 fully saturated rings. The molecule has 0 atom stereocenters. The zero-order chi connectivity index (χ0) is 14.4. The summed E-state index contributed by atoms with van der Waals surface area (Å²) in [5, 5.41) is 11.0. The fourth-order valence-electron chi connectivity index (χ4n) is 2.30. The number of hydrogen-bond acceptors (Lipinski definition) is 4. The first-order valence-corrected chi connectivity index (χ1v) is 7.77. The van der Waals surface area contributed by atoms with Gasteiger partial charge in [0.15, 0.2) is 0 Å². The first-order chi connectivity index (χ1) is 8.97. The van der Waals surface area contributed by atoms with Gasteiger partial charge >= 0.3 is 5.97 Å². The second-order valence-corrected chi connectivity index (χ2v) is 6.10. The first kappa shape index (κ1) is 16.1. The SMILES string of the molecule is CCC(CC)N(Cc1csc(C(=O)O)n1)CC(C)C. The summed E-state index contributed by atoms with van der Waals surface area (Å²) < 4.78 is 0. The number of thiazole rings is 1. The van der Waals surface area contributed by atoms with E-state index in [1.165, 1.54) is 11.3 Å². The average molecular weight is 284 g/mol. The molecule has 1 aromatic rings. The Labute approximate surface area is 119 Å². The molecule has 1 N–H and O–H groups in total. The molecule has 1 heterocycles. The van der Waals surface area contributed by atoms with Crippen LogP contribution in [-0.4, -0.2) is 33.5 Å². The van der Waals surface area contributed by atoms with Crippen molar-refractivity contribution in [3.63, 3.8) is 0 Å². The smallest absolute Gasteiger partial charge is 0.365 e. The van der Waals surface area contributed by atoms with Crippen molar-refractivity contribution in [2.45, 2.75) is 53.1 Å². The quantitative estimate of drug-likeness (QED) is 0.794. The Bertz CT molecular complexity index is 400. The standard InChI is InChI=1S/C14H24N2O2S/c1-5-12(6-2)16(7-10(3)4)8-11-9-19-13(15-11)14(17)18/h9-10,12H,5-8H2,1-4H3,(H,17,18). The third-order valence-corrected chi connectivity index (χ3v) is 4.04. The van der Waals surface area contributed by atoms with Crippen LogP contribution >= 0.6 is 11.3 Å². The van der Waals surface area contributed by atoms with Crippen LogP contribution in [0.15, 0.2) is 5.38 Å². The zero-order valence-electron chi connectivity index (χ0n) is 12.2. The van der Waals surface area contributed by atoms with Gasteiger partial charge in [-0.1, -0.05) is 27.7 Å². The predicted octanol–water partition coefficient (Wildman–Crippen LogP) is 3.49. The molecule has 0 aliphatic rings. The maximum atomic E-state index is 10.9. The van der Waals surface area contributed by atoms with E-state index in [4.69, 9.17) is 5.11 Å². The fourth-order valence-corrected chi connectivity index (χ4v) is 2.95. The molecule has 0 saturated carbocycles. The van der Waals surface area contributed by atoms with Crippen LogP contribution in [0.4, 0.5) is 0 Å². The van der Waals surface area contributed by atoms with Crippen molar-refractivity contribution in [2.24, 2.45) is 5.92 Å². The number of carbonyl (C=O) groups is 1. The van der Waals surface area contributed by atoms with Gasteiger partial charge in [0, 0.05) is 24.5 Å². The third-order valence-electron chi connectivity index (χ3n) is 3.16. The minimum atomic E-state index is -0.936. The van der Waals surface area contributed by atoms with E-state index in [2.05, 4.69) is 37.6 Å². The predicted molar refractivity (Wildman–Crippen MR) is 78.7 cm³/mol. The van der Waals surface area contributed by atoms with E-state index in [0.717, 1.165) is 31.6 Å². The van der Waals surface area contributed by atoms with Crippen molar-refractivity contribution in [3.05, 3.63) is 16.1 Å². The number of carboxylic acids is 1. The van der Waals surface area contributed by atoms with E-state index in [9.17, 15) is 4.79 Å². The van der Waals surface area contributed by atoms with E-state index in [1.807, 2.05) is 5.38 Å². The minimum Gasteiger partial charge on any atom is -0.476 e. The number of rotatable bonds is 8. The van der Waals surface area contributed by atoms with Crippen LogP contribution in [0.1, 0.15) is 56.0 Å². The normalized spacial score (nSPS) is 11.7. The summed E-state index contributed by atoms with van der Waals surface area (Å²) in [6, 6.07) is 0.539. The molecule has 4 nitrogen and oxygen atoms in total. The summed E-state index contributed by atoms with van der Waals surface area (Å²) >= 11 is 1.21. The number of carboxylic acid groups (broad SMARTS) is 1. The molecule has 1 aromatic heterocycles. The summed E-state index contributed by atoms with van der Waals surface area (Å²) in [5.74, 6) is -0.340. The Morgan fingerprint density at radius 3 is 2.47 bits per heavy atom. The van der Waals surface area contributed by atoms with Gasteiger partial charge in [0.2, 0.25) is 5.01 Å². The van der Waals surface area contributed by atoms with E-state index in [1.54, 1.807) is 0 Å². The average Bonchev–Trinajstić information content (AvgIpc) is 2.78. The first-order valence-electron chi connectivity index (χ1n) is 6.89. The number of nitrogens with zero attached hydrogens (tertiary/aromatic N) is 2. The van der Waals surface area contributed by atoms with Crippen molar-refractivity contribution in [1.82, 2.24) is 9.88 Å². The maximum absolute atomic E-state index is 10.9. The lowest BCUT2D eigenvalue weighted by Gasteiger charge is -2.31. The molecule has 0 amide bonds. The molecule has 1 rings (SSSR count). The molecule has 0 spiro atoms. The summed E-state index contributed by atoms with van der Waals surface area (Å²) in [6.07, 6.45) is 2.22. The van der Waals surface area contributed by atoms with Gasteiger partial charge in [-0.2, -0.15) is 0 Å². The van der Waals surface area contributed by atoms with Crippen LogP contribution in [0, 0.1) is 5.92 Å². The summed E-state index contributed by atoms with van der Waals surface area (Å²) in [5.41, 5.74) is 0.870. The van der Waals surface area contributed by atoms with Gasteiger partial charge in [0.05, 0.1) is 5.69 Å². The lowest BCUT2D eigenvalue weighted by Crippen LogP contribution is -2.36. The van der Waals surface area contributed by atoms with Crippen molar-refractivity contribution in [1.29, 1.82) is 0 Å². The van der Waals surface area contributed by atoms with Gasteiger partial charge in [-0.25, -0.2) is 9.78 Å². The van der Waals surface area contributed by atoms with Crippen LogP contribution in [0.5, 0.6) is 0 Å². The topological polar surface area (TPSA) is 53.4 Å². The lowest BCUT2D eigenvalue weighted by atomic mass is 10.1. The number of hydrogen-bond donors (Lipinski definition) is 1. The Kier molecular flexibility index (Phi) is 6.45. The van der Waals surface area contributed by atoms with Gasteiger partial charge in [-0.3, -0.25) is 4.90 Å². The van der Waals surface area contributed by atoms with Gasteiger partial charge in [-0.05, 0) is 18.8 Å². The summed E-state index contributed by atoms with van der Waals surface area (Å²) in [6.45, 7) is 10.6. The minimum absolute atomic E-state index is 0.184. The molecule has 0 aliphatic heterocycles. The van der Waals surface area contributed by atoms with E-state index >= 15 is 0 Å². The molecule has 108 valence electrons. The van der Waals surface area contributed by atoms with Crippen molar-refractivity contribution < 1.29 is 9.90 Å². The second kappa shape index (κ2) is 7.60. The van der Waals surface area contributed by atoms with Gasteiger partial charge in [0.1, 0.15) is 0 Å². The Balaban J connectivity index is 2.77. The maximum Gasteiger partial charge on any atom is 0.365 e. The fraction of sp³-hybridized carbons (Fsp3) is 0.714. The number of aromatic carboxylic acids is 1. The van der Waals surface area contributed by atoms with Gasteiger partial charge in [-0.15, -0.1) is 11.3 Å². The van der Waals surface area contributed by atoms with Crippen LogP contribution in [0.25, 0.3) is 0 Å². The van der Waals surface area contributed by atoms with E-state index in [-0.39, 0.29) is 5.01 Å². The van der Waals surface area contributed by atoms with E-state index < -0.39 is 5.97 Å². The van der Waals surface area contributed by atoms with Crippen molar-refractivity contribution in [2.75, 3.05) is 6.54 Å². The molecule has 0 aliphatic carbocycles. The van der Waals surface area contributed by atoms with Gasteiger partial charge in [0.25, 0.3) is 0 Å². The largest absolute Gasteiger partial charge is 0.476 e. The monoisotopic (exact) mass is 284 g/mol. The van der Waals surface area contributed by atoms with Crippen LogP contribution in [-0.2, 0) is 6.54 Å². The Morgan fingerprint density at radius 1 is 1.42 bits per heavy atom. The molecule has 19 heavy (non-hydrogen) atoms. The summed E-state index contributed by atoms with van der Waals surface area (Å²) in [4.78, 5) is 17.5. The van der Waals surface area contributed by atoms with Crippen LogP contribution in [0.3, 0.4) is 0 Å². The highest BCUT2D eigenvalue weighted by molar-refractivity contribution is 7.11. The van der Waals surface area contributed by atoms with Crippen LogP contribution in [0.2, 0.25) is 0 Å². The summed E-state index contributed by atoms with van der Waals surface area (Å²) in [7, 11) is 0. The number of aromatic nitrogens is 1. The highest BCUT2D eigenvalue weighted by Gasteiger charge is 2.18. The molecule has 0 bridgehead atoms.